The van der Waals surface area contributed by atoms with Crippen LogP contribution in [0.15, 0.2) is 18.3 Å². The van der Waals surface area contributed by atoms with Crippen molar-refractivity contribution in [3.8, 4) is 0 Å². The van der Waals surface area contributed by atoms with Crippen molar-refractivity contribution in [3.05, 3.63) is 24.2 Å². The molecular weight excluding hydrogens is 248 g/mol. The SMILES string of the molecule is CC(C)N1CCCCC1Cc1nc2cccnc2n1C. The minimum absolute atomic E-state index is 0.619. The summed E-state index contributed by atoms with van der Waals surface area (Å²) < 4.78 is 2.16. The summed E-state index contributed by atoms with van der Waals surface area (Å²) in [6.45, 7) is 5.83. The van der Waals surface area contributed by atoms with Crippen LogP contribution in [0, 0.1) is 0 Å². The van der Waals surface area contributed by atoms with E-state index in [1.807, 2.05) is 18.3 Å². The Morgan fingerprint density at radius 1 is 1.35 bits per heavy atom. The van der Waals surface area contributed by atoms with Gasteiger partial charge in [-0.3, -0.25) is 4.90 Å². The van der Waals surface area contributed by atoms with Crippen LogP contribution in [0.5, 0.6) is 0 Å². The summed E-state index contributed by atoms with van der Waals surface area (Å²) in [6.07, 6.45) is 6.84. The number of fused-ring (bicyclic) bond motifs is 1. The summed E-state index contributed by atoms with van der Waals surface area (Å²) in [5.41, 5.74) is 2.01. The van der Waals surface area contributed by atoms with Crippen molar-refractivity contribution in [3.63, 3.8) is 0 Å². The molecule has 0 saturated carbocycles. The van der Waals surface area contributed by atoms with Crippen molar-refractivity contribution in [1.29, 1.82) is 0 Å². The molecule has 0 amide bonds. The van der Waals surface area contributed by atoms with Gasteiger partial charge in [0.05, 0.1) is 0 Å². The van der Waals surface area contributed by atoms with Gasteiger partial charge in [0.15, 0.2) is 5.65 Å². The van der Waals surface area contributed by atoms with Crippen LogP contribution in [-0.4, -0.2) is 38.1 Å². The molecule has 4 heteroatoms. The quantitative estimate of drug-likeness (QED) is 0.861. The number of aryl methyl sites for hydroxylation is 1. The predicted octanol–water partition coefficient (Wildman–Crippen LogP) is 2.77. The van der Waals surface area contributed by atoms with Gasteiger partial charge in [-0.05, 0) is 45.4 Å². The zero-order valence-corrected chi connectivity index (χ0v) is 12.7. The predicted molar refractivity (Wildman–Crippen MR) is 81.7 cm³/mol. The molecule has 1 unspecified atom stereocenters. The fourth-order valence-corrected chi connectivity index (χ4v) is 3.39. The number of piperidine rings is 1. The Labute approximate surface area is 120 Å². The largest absolute Gasteiger partial charge is 0.316 e. The molecule has 1 aliphatic heterocycles. The van der Waals surface area contributed by atoms with Gasteiger partial charge >= 0.3 is 0 Å². The van der Waals surface area contributed by atoms with Crippen molar-refractivity contribution in [2.75, 3.05) is 6.54 Å². The number of aromatic nitrogens is 3. The van der Waals surface area contributed by atoms with Crippen LogP contribution < -0.4 is 0 Å². The van der Waals surface area contributed by atoms with Gasteiger partial charge < -0.3 is 4.57 Å². The Kier molecular flexibility index (Phi) is 3.74. The first-order chi connectivity index (χ1) is 9.66. The van der Waals surface area contributed by atoms with E-state index in [4.69, 9.17) is 4.98 Å². The summed E-state index contributed by atoms with van der Waals surface area (Å²) in [4.78, 5) is 11.8. The smallest absolute Gasteiger partial charge is 0.159 e. The molecule has 0 spiro atoms. The lowest BCUT2D eigenvalue weighted by Crippen LogP contribution is -2.45. The van der Waals surface area contributed by atoms with E-state index in [-0.39, 0.29) is 0 Å². The molecule has 0 aliphatic carbocycles. The first kappa shape index (κ1) is 13.6. The molecule has 1 fully saturated rings. The van der Waals surface area contributed by atoms with E-state index < -0.39 is 0 Å². The third-order valence-electron chi connectivity index (χ3n) is 4.47. The molecule has 2 aromatic rings. The number of hydrogen-bond acceptors (Lipinski definition) is 3. The highest BCUT2D eigenvalue weighted by Crippen LogP contribution is 2.23. The van der Waals surface area contributed by atoms with Gasteiger partial charge in [-0.15, -0.1) is 0 Å². The van der Waals surface area contributed by atoms with Gasteiger partial charge in [-0.2, -0.15) is 0 Å². The Morgan fingerprint density at radius 2 is 2.20 bits per heavy atom. The maximum Gasteiger partial charge on any atom is 0.159 e. The average molecular weight is 272 g/mol. The maximum absolute atomic E-state index is 4.77. The summed E-state index contributed by atoms with van der Waals surface area (Å²) in [6, 6.07) is 5.25. The van der Waals surface area contributed by atoms with E-state index in [1.54, 1.807) is 0 Å². The van der Waals surface area contributed by atoms with Crippen LogP contribution in [-0.2, 0) is 13.5 Å². The van der Waals surface area contributed by atoms with Crippen molar-refractivity contribution in [2.24, 2.45) is 7.05 Å². The van der Waals surface area contributed by atoms with Crippen molar-refractivity contribution in [2.45, 2.75) is 51.6 Å². The molecule has 2 aromatic heterocycles. The first-order valence-electron chi connectivity index (χ1n) is 7.69. The number of pyridine rings is 1. The van der Waals surface area contributed by atoms with Crippen LogP contribution in [0.4, 0.5) is 0 Å². The molecule has 0 N–H and O–H groups in total. The fraction of sp³-hybridized carbons (Fsp3) is 0.625. The lowest BCUT2D eigenvalue weighted by Gasteiger charge is -2.38. The minimum Gasteiger partial charge on any atom is -0.316 e. The molecule has 0 aromatic carbocycles. The van der Waals surface area contributed by atoms with Gasteiger partial charge in [0.1, 0.15) is 11.3 Å². The lowest BCUT2D eigenvalue weighted by molar-refractivity contribution is 0.110. The topological polar surface area (TPSA) is 34.0 Å². The monoisotopic (exact) mass is 272 g/mol. The second kappa shape index (κ2) is 5.52. The molecule has 1 aliphatic rings. The second-order valence-electron chi connectivity index (χ2n) is 6.12. The van der Waals surface area contributed by atoms with Gasteiger partial charge in [-0.1, -0.05) is 6.42 Å². The zero-order valence-electron chi connectivity index (χ0n) is 12.7. The number of imidazole rings is 1. The highest BCUT2D eigenvalue weighted by Gasteiger charge is 2.26. The zero-order chi connectivity index (χ0) is 14.1. The van der Waals surface area contributed by atoms with Crippen molar-refractivity contribution >= 4 is 11.2 Å². The maximum atomic E-state index is 4.77. The number of nitrogens with zero attached hydrogens (tertiary/aromatic N) is 4. The average Bonchev–Trinajstić information content (AvgIpc) is 2.76. The van der Waals surface area contributed by atoms with Gasteiger partial charge in [0, 0.05) is 31.7 Å². The van der Waals surface area contributed by atoms with E-state index in [9.17, 15) is 0 Å². The number of likely N-dealkylation sites (tertiary alicyclic amines) is 1. The highest BCUT2D eigenvalue weighted by atomic mass is 15.2. The molecule has 3 rings (SSSR count). The van der Waals surface area contributed by atoms with Crippen molar-refractivity contribution < 1.29 is 0 Å². The molecule has 0 bridgehead atoms. The Balaban J connectivity index is 1.86. The van der Waals surface area contributed by atoms with Crippen LogP contribution in [0.1, 0.15) is 38.9 Å². The lowest BCUT2D eigenvalue weighted by atomic mass is 9.97. The molecule has 4 nitrogen and oxygen atoms in total. The third kappa shape index (κ3) is 2.44. The molecule has 108 valence electrons. The van der Waals surface area contributed by atoms with E-state index in [0.29, 0.717) is 12.1 Å². The summed E-state index contributed by atoms with van der Waals surface area (Å²) in [5, 5.41) is 0. The summed E-state index contributed by atoms with van der Waals surface area (Å²) >= 11 is 0. The minimum atomic E-state index is 0.619. The van der Waals surface area contributed by atoms with Crippen molar-refractivity contribution in [1.82, 2.24) is 19.4 Å². The first-order valence-corrected chi connectivity index (χ1v) is 7.69. The molecule has 0 radical (unpaired) electrons. The van der Waals surface area contributed by atoms with Gasteiger partial charge in [0.25, 0.3) is 0 Å². The third-order valence-corrected chi connectivity index (χ3v) is 4.47. The van der Waals surface area contributed by atoms with Crippen LogP contribution in [0.2, 0.25) is 0 Å². The standard InChI is InChI=1S/C16H24N4/c1-12(2)20-10-5-4-7-13(20)11-15-18-14-8-6-9-17-16(14)19(15)3/h6,8-9,12-13H,4-5,7,10-11H2,1-3H3. The molecule has 20 heavy (non-hydrogen) atoms. The fourth-order valence-electron chi connectivity index (χ4n) is 3.39. The Hall–Kier alpha value is -1.42. The van der Waals surface area contributed by atoms with Gasteiger partial charge in [-0.25, -0.2) is 9.97 Å². The summed E-state index contributed by atoms with van der Waals surface area (Å²) in [7, 11) is 2.08. The van der Waals surface area contributed by atoms with E-state index in [2.05, 4.69) is 35.3 Å². The van der Waals surface area contributed by atoms with E-state index in [1.165, 1.54) is 25.8 Å². The molecule has 1 saturated heterocycles. The Morgan fingerprint density at radius 3 is 2.95 bits per heavy atom. The molecule has 3 heterocycles. The van der Waals surface area contributed by atoms with Crippen LogP contribution in [0.3, 0.4) is 0 Å². The van der Waals surface area contributed by atoms with E-state index in [0.717, 1.165) is 23.4 Å². The van der Waals surface area contributed by atoms with E-state index >= 15 is 0 Å². The van der Waals surface area contributed by atoms with Gasteiger partial charge in [0.2, 0.25) is 0 Å². The Bertz CT molecular complexity index is 587. The van der Waals surface area contributed by atoms with Crippen LogP contribution >= 0.6 is 0 Å². The normalized spacial score (nSPS) is 20.9. The molecular formula is C16H24N4. The number of rotatable bonds is 3. The number of hydrogen-bond donors (Lipinski definition) is 0. The second-order valence-corrected chi connectivity index (χ2v) is 6.12. The molecule has 1 atom stereocenters. The highest BCUT2D eigenvalue weighted by molar-refractivity contribution is 5.70. The summed E-state index contributed by atoms with van der Waals surface area (Å²) in [5.74, 6) is 1.16. The van der Waals surface area contributed by atoms with Crippen LogP contribution in [0.25, 0.3) is 11.2 Å².